The first kappa shape index (κ1) is 14.3. The lowest BCUT2D eigenvalue weighted by Crippen LogP contribution is -2.56. The fourth-order valence-electron chi connectivity index (χ4n) is 2.09. The van der Waals surface area contributed by atoms with Gasteiger partial charge in [0.1, 0.15) is 0 Å². The largest absolute Gasteiger partial charge is 0.350 e. The van der Waals surface area contributed by atoms with Crippen molar-refractivity contribution < 1.29 is 9.63 Å². The van der Waals surface area contributed by atoms with Gasteiger partial charge in [-0.15, -0.1) is 11.6 Å². The number of nitrogens with two attached hydrogens (primary N) is 1. The minimum Gasteiger partial charge on any atom is -0.350 e. The molecule has 3 N–H and O–H groups in total. The van der Waals surface area contributed by atoms with E-state index >= 15 is 0 Å². The summed E-state index contributed by atoms with van der Waals surface area (Å²) in [6.45, 7) is 1.36. The summed E-state index contributed by atoms with van der Waals surface area (Å²) < 4.78 is 0. The fraction of sp³-hybridized carbons (Fsp3) is 0.462. The Morgan fingerprint density at radius 3 is 2.84 bits per heavy atom. The summed E-state index contributed by atoms with van der Waals surface area (Å²) in [6.07, 6.45) is 0. The summed E-state index contributed by atoms with van der Waals surface area (Å²) in [5.41, 5.74) is 6.16. The van der Waals surface area contributed by atoms with Gasteiger partial charge in [0.15, 0.2) is 0 Å². The number of hydrogen-bond donors (Lipinski definition) is 2. The molecule has 5 nitrogen and oxygen atoms in total. The molecule has 1 heterocycles. The predicted octanol–water partition coefficient (Wildman–Crippen LogP) is 0.598. The second kappa shape index (κ2) is 5.88. The number of carbonyl (C=O) groups is 1. The molecule has 1 fully saturated rings. The van der Waals surface area contributed by atoms with Gasteiger partial charge in [-0.25, -0.2) is 0 Å². The zero-order valence-corrected chi connectivity index (χ0v) is 11.6. The number of rotatable bonds is 4. The third-order valence-electron chi connectivity index (χ3n) is 3.33. The van der Waals surface area contributed by atoms with Gasteiger partial charge in [0.25, 0.3) is 5.91 Å². The molecule has 0 aromatic heterocycles. The van der Waals surface area contributed by atoms with Gasteiger partial charge in [-0.1, -0.05) is 18.2 Å². The van der Waals surface area contributed by atoms with E-state index in [4.69, 9.17) is 22.2 Å². The van der Waals surface area contributed by atoms with Crippen molar-refractivity contribution in [1.29, 1.82) is 0 Å². The molecule has 0 radical (unpaired) electrons. The van der Waals surface area contributed by atoms with Crippen LogP contribution in [0.1, 0.15) is 10.4 Å². The molecular formula is C13H18ClN3O2. The molecule has 0 saturated carbocycles. The van der Waals surface area contributed by atoms with Gasteiger partial charge in [0.05, 0.1) is 18.0 Å². The zero-order chi connectivity index (χ0) is 13.9. The molecule has 2 atom stereocenters. The van der Waals surface area contributed by atoms with Crippen molar-refractivity contribution in [3.8, 4) is 0 Å². The maximum absolute atomic E-state index is 11.9. The van der Waals surface area contributed by atoms with Crippen molar-refractivity contribution in [3.05, 3.63) is 35.9 Å². The molecule has 0 aliphatic carbocycles. The molecule has 0 spiro atoms. The minimum absolute atomic E-state index is 0.148. The summed E-state index contributed by atoms with van der Waals surface area (Å²) in [5.74, 6) is -0.148. The van der Waals surface area contributed by atoms with Crippen molar-refractivity contribution >= 4 is 17.5 Å². The summed E-state index contributed by atoms with van der Waals surface area (Å²) in [5, 5.41) is 4.27. The minimum atomic E-state index is -0.679. The van der Waals surface area contributed by atoms with Crippen molar-refractivity contribution in [2.24, 2.45) is 5.73 Å². The first-order chi connectivity index (χ1) is 9.05. The van der Waals surface area contributed by atoms with Crippen molar-refractivity contribution in [2.75, 3.05) is 26.7 Å². The highest BCUT2D eigenvalue weighted by Crippen LogP contribution is 2.23. The lowest BCUT2D eigenvalue weighted by Gasteiger charge is -2.27. The van der Waals surface area contributed by atoms with Crippen LogP contribution in [0.25, 0.3) is 0 Å². The normalized spacial score (nSPS) is 27.4. The second-order valence-corrected chi connectivity index (χ2v) is 5.28. The van der Waals surface area contributed by atoms with Gasteiger partial charge >= 0.3 is 0 Å². The SMILES string of the molecule is CON1CC(Cl)C(N)(CNC(=O)c2ccccc2)C1. The Hall–Kier alpha value is -1.14. The Morgan fingerprint density at radius 1 is 1.58 bits per heavy atom. The monoisotopic (exact) mass is 283 g/mol. The first-order valence-corrected chi connectivity index (χ1v) is 6.54. The van der Waals surface area contributed by atoms with Crippen LogP contribution in [0.15, 0.2) is 30.3 Å². The lowest BCUT2D eigenvalue weighted by atomic mass is 9.99. The van der Waals surface area contributed by atoms with Gasteiger partial charge in [0, 0.05) is 25.2 Å². The molecule has 1 aromatic rings. The van der Waals surface area contributed by atoms with Gasteiger partial charge in [-0.2, -0.15) is 5.06 Å². The lowest BCUT2D eigenvalue weighted by molar-refractivity contribution is -0.115. The van der Waals surface area contributed by atoms with E-state index in [9.17, 15) is 4.79 Å². The number of halogens is 1. The number of amides is 1. The van der Waals surface area contributed by atoms with Gasteiger partial charge in [0.2, 0.25) is 0 Å². The van der Waals surface area contributed by atoms with Crippen LogP contribution in [0.4, 0.5) is 0 Å². The Kier molecular flexibility index (Phi) is 4.42. The standard InChI is InChI=1S/C13H18ClN3O2/c1-19-17-7-11(14)13(15,9-17)8-16-12(18)10-5-3-2-4-6-10/h2-6,11H,7-9,15H2,1H3,(H,16,18). The van der Waals surface area contributed by atoms with Crippen LogP contribution in [-0.4, -0.2) is 48.6 Å². The van der Waals surface area contributed by atoms with E-state index in [0.29, 0.717) is 25.2 Å². The van der Waals surface area contributed by atoms with Crippen LogP contribution in [-0.2, 0) is 4.84 Å². The van der Waals surface area contributed by atoms with E-state index in [1.54, 1.807) is 24.3 Å². The Balaban J connectivity index is 1.93. The first-order valence-electron chi connectivity index (χ1n) is 6.10. The van der Waals surface area contributed by atoms with Crippen LogP contribution in [0.3, 0.4) is 0 Å². The Morgan fingerprint density at radius 2 is 2.26 bits per heavy atom. The third-order valence-corrected chi connectivity index (χ3v) is 3.90. The summed E-state index contributed by atoms with van der Waals surface area (Å²) >= 11 is 6.22. The maximum Gasteiger partial charge on any atom is 0.251 e. The number of benzene rings is 1. The van der Waals surface area contributed by atoms with Crippen LogP contribution < -0.4 is 11.1 Å². The van der Waals surface area contributed by atoms with Gasteiger partial charge in [-0.3, -0.25) is 4.79 Å². The van der Waals surface area contributed by atoms with Gasteiger partial charge in [-0.05, 0) is 12.1 Å². The van der Waals surface area contributed by atoms with E-state index in [2.05, 4.69) is 5.32 Å². The highest BCUT2D eigenvalue weighted by Gasteiger charge is 2.43. The number of nitrogens with zero attached hydrogens (tertiary/aromatic N) is 1. The summed E-state index contributed by atoms with van der Waals surface area (Å²) in [4.78, 5) is 17.1. The molecule has 2 unspecified atom stereocenters. The van der Waals surface area contributed by atoms with Gasteiger partial charge < -0.3 is 15.9 Å². The topological polar surface area (TPSA) is 67.6 Å². The van der Waals surface area contributed by atoms with Crippen molar-refractivity contribution in [3.63, 3.8) is 0 Å². The maximum atomic E-state index is 11.9. The average Bonchev–Trinajstić information content (AvgIpc) is 2.73. The van der Waals surface area contributed by atoms with Crippen LogP contribution in [0.2, 0.25) is 0 Å². The molecule has 2 rings (SSSR count). The van der Waals surface area contributed by atoms with Crippen LogP contribution in [0, 0.1) is 0 Å². The molecule has 1 amide bonds. The predicted molar refractivity (Wildman–Crippen MR) is 73.9 cm³/mol. The molecular weight excluding hydrogens is 266 g/mol. The number of alkyl halides is 1. The van der Waals surface area contributed by atoms with Crippen molar-refractivity contribution in [1.82, 2.24) is 10.4 Å². The number of carbonyl (C=O) groups excluding carboxylic acids is 1. The fourth-order valence-corrected chi connectivity index (χ4v) is 2.39. The van der Waals surface area contributed by atoms with E-state index in [-0.39, 0.29) is 11.3 Å². The highest BCUT2D eigenvalue weighted by atomic mass is 35.5. The van der Waals surface area contributed by atoms with E-state index in [0.717, 1.165) is 0 Å². The Bertz CT molecular complexity index is 443. The van der Waals surface area contributed by atoms with Crippen molar-refractivity contribution in [2.45, 2.75) is 10.9 Å². The second-order valence-electron chi connectivity index (χ2n) is 4.75. The molecule has 1 aliphatic heterocycles. The highest BCUT2D eigenvalue weighted by molar-refractivity contribution is 6.22. The molecule has 1 aromatic carbocycles. The molecule has 0 bridgehead atoms. The molecule has 1 aliphatic rings. The van der Waals surface area contributed by atoms with E-state index < -0.39 is 5.54 Å². The summed E-state index contributed by atoms with van der Waals surface area (Å²) in [7, 11) is 1.58. The quantitative estimate of drug-likeness (QED) is 0.794. The number of nitrogens with one attached hydrogen (secondary N) is 1. The molecule has 19 heavy (non-hydrogen) atoms. The van der Waals surface area contributed by atoms with E-state index in [1.807, 2.05) is 18.2 Å². The summed E-state index contributed by atoms with van der Waals surface area (Å²) in [6, 6.07) is 9.02. The number of hydroxylamine groups is 2. The average molecular weight is 284 g/mol. The zero-order valence-electron chi connectivity index (χ0n) is 10.8. The van der Waals surface area contributed by atoms with Crippen LogP contribution in [0.5, 0.6) is 0 Å². The molecule has 104 valence electrons. The Labute approximate surface area is 117 Å². The number of hydrogen-bond acceptors (Lipinski definition) is 4. The van der Waals surface area contributed by atoms with E-state index in [1.165, 1.54) is 0 Å². The smallest absolute Gasteiger partial charge is 0.251 e. The van der Waals surface area contributed by atoms with Crippen LogP contribution >= 0.6 is 11.6 Å². The molecule has 1 saturated heterocycles. The third kappa shape index (κ3) is 3.25. The molecule has 6 heteroatoms.